The van der Waals surface area contributed by atoms with Gasteiger partial charge < -0.3 is 14.5 Å². The highest BCUT2D eigenvalue weighted by Crippen LogP contribution is 2.35. The Morgan fingerprint density at radius 1 is 1.43 bits per heavy atom. The molecule has 0 bridgehead atoms. The van der Waals surface area contributed by atoms with Gasteiger partial charge in [0.05, 0.1) is 12.2 Å². The van der Waals surface area contributed by atoms with E-state index >= 15 is 0 Å². The van der Waals surface area contributed by atoms with Gasteiger partial charge >= 0.3 is 0 Å². The van der Waals surface area contributed by atoms with E-state index in [4.69, 9.17) is 4.74 Å². The summed E-state index contributed by atoms with van der Waals surface area (Å²) in [7, 11) is 4.19. The van der Waals surface area contributed by atoms with E-state index in [-0.39, 0.29) is 11.9 Å². The molecule has 116 valence electrons. The van der Waals surface area contributed by atoms with Crippen LogP contribution in [0.25, 0.3) is 0 Å². The van der Waals surface area contributed by atoms with Gasteiger partial charge in [0, 0.05) is 12.1 Å². The van der Waals surface area contributed by atoms with E-state index in [1.54, 1.807) is 6.92 Å². The minimum Gasteiger partial charge on any atom is -0.486 e. The van der Waals surface area contributed by atoms with Crippen LogP contribution in [0.5, 0.6) is 5.75 Å². The summed E-state index contributed by atoms with van der Waals surface area (Å²) < 4.78 is 6.01. The zero-order valence-corrected chi connectivity index (χ0v) is 13.6. The highest BCUT2D eigenvalue weighted by molar-refractivity contribution is 5.95. The topological polar surface area (TPSA) is 32.8 Å². The number of carbonyl (C=O) groups excluding carboxylic acids is 1. The molecule has 0 saturated carbocycles. The number of nitrogens with zero attached hydrogens (tertiary/aromatic N) is 2. The van der Waals surface area contributed by atoms with Crippen molar-refractivity contribution >= 4 is 11.5 Å². The molecular weight excluding hydrogens is 264 g/mol. The summed E-state index contributed by atoms with van der Waals surface area (Å²) in [5.41, 5.74) is 1.82. The predicted molar refractivity (Wildman–Crippen MR) is 86.5 cm³/mol. The van der Waals surface area contributed by atoms with E-state index in [0.29, 0.717) is 0 Å². The molecule has 1 aliphatic rings. The summed E-state index contributed by atoms with van der Waals surface area (Å²) in [6.45, 7) is 6.72. The number of ether oxygens (including phenoxy) is 1. The standard InChI is InChI=1S/C17H26N2O2/c1-5-15-12-19(10-6-9-18(3)4)16-11-14(13(2)20)7-8-17(16)21-15/h7-8,11,15H,5-6,9-10,12H2,1-4H3. The number of hydrogen-bond donors (Lipinski definition) is 0. The van der Waals surface area contributed by atoms with Crippen LogP contribution in [0.2, 0.25) is 0 Å². The van der Waals surface area contributed by atoms with Crippen molar-refractivity contribution in [2.45, 2.75) is 32.8 Å². The average molecular weight is 290 g/mol. The Hall–Kier alpha value is -1.55. The van der Waals surface area contributed by atoms with Crippen LogP contribution in [0, 0.1) is 0 Å². The molecule has 1 unspecified atom stereocenters. The summed E-state index contributed by atoms with van der Waals surface area (Å²) in [5, 5.41) is 0. The first-order valence-electron chi connectivity index (χ1n) is 7.72. The molecule has 0 aromatic heterocycles. The minimum atomic E-state index is 0.101. The molecule has 0 amide bonds. The fourth-order valence-corrected chi connectivity index (χ4v) is 2.65. The Morgan fingerprint density at radius 2 is 2.19 bits per heavy atom. The molecule has 1 atom stereocenters. The van der Waals surface area contributed by atoms with Crippen LogP contribution in [0.15, 0.2) is 18.2 Å². The molecule has 4 heteroatoms. The van der Waals surface area contributed by atoms with Crippen molar-refractivity contribution in [2.24, 2.45) is 0 Å². The number of Topliss-reactive ketones (excluding diaryl/α,β-unsaturated/α-hetero) is 1. The first-order chi connectivity index (χ1) is 10.0. The summed E-state index contributed by atoms with van der Waals surface area (Å²) >= 11 is 0. The van der Waals surface area contributed by atoms with Crippen molar-refractivity contribution in [3.63, 3.8) is 0 Å². The fraction of sp³-hybridized carbons (Fsp3) is 0.588. The second-order valence-electron chi connectivity index (χ2n) is 5.99. The number of benzene rings is 1. The zero-order valence-electron chi connectivity index (χ0n) is 13.6. The van der Waals surface area contributed by atoms with E-state index in [1.165, 1.54) is 0 Å². The van der Waals surface area contributed by atoms with Gasteiger partial charge in [-0.1, -0.05) is 6.92 Å². The molecule has 1 heterocycles. The van der Waals surface area contributed by atoms with Gasteiger partial charge in [-0.05, 0) is 58.6 Å². The Kier molecular flexibility index (Phi) is 5.23. The van der Waals surface area contributed by atoms with Gasteiger partial charge in [-0.2, -0.15) is 0 Å². The molecule has 0 spiro atoms. The molecule has 0 saturated heterocycles. The van der Waals surface area contributed by atoms with Gasteiger partial charge in [0.15, 0.2) is 5.78 Å². The van der Waals surface area contributed by atoms with Gasteiger partial charge in [0.1, 0.15) is 11.9 Å². The molecule has 0 fully saturated rings. The lowest BCUT2D eigenvalue weighted by Crippen LogP contribution is -2.41. The van der Waals surface area contributed by atoms with Crippen LogP contribution in [-0.2, 0) is 0 Å². The van der Waals surface area contributed by atoms with Crippen molar-refractivity contribution in [1.82, 2.24) is 4.90 Å². The van der Waals surface area contributed by atoms with Crippen molar-refractivity contribution in [2.75, 3.05) is 38.6 Å². The molecule has 1 aromatic rings. The fourth-order valence-electron chi connectivity index (χ4n) is 2.65. The van der Waals surface area contributed by atoms with Gasteiger partial charge in [0.2, 0.25) is 0 Å². The van der Waals surface area contributed by atoms with Crippen LogP contribution in [0.4, 0.5) is 5.69 Å². The van der Waals surface area contributed by atoms with E-state index in [9.17, 15) is 4.79 Å². The van der Waals surface area contributed by atoms with E-state index in [1.807, 2.05) is 18.2 Å². The van der Waals surface area contributed by atoms with Crippen molar-refractivity contribution in [3.05, 3.63) is 23.8 Å². The number of rotatable bonds is 6. The smallest absolute Gasteiger partial charge is 0.159 e. The van der Waals surface area contributed by atoms with Crippen LogP contribution < -0.4 is 9.64 Å². The lowest BCUT2D eigenvalue weighted by Gasteiger charge is -2.36. The molecule has 1 aromatic carbocycles. The lowest BCUT2D eigenvalue weighted by atomic mass is 10.1. The van der Waals surface area contributed by atoms with Gasteiger partial charge in [0.25, 0.3) is 0 Å². The maximum atomic E-state index is 11.6. The van der Waals surface area contributed by atoms with E-state index < -0.39 is 0 Å². The molecule has 2 rings (SSSR count). The van der Waals surface area contributed by atoms with Crippen LogP contribution >= 0.6 is 0 Å². The largest absolute Gasteiger partial charge is 0.486 e. The first kappa shape index (κ1) is 15.8. The number of ketones is 1. The van der Waals surface area contributed by atoms with Gasteiger partial charge in [-0.15, -0.1) is 0 Å². The summed E-state index contributed by atoms with van der Waals surface area (Å²) in [5.74, 6) is 1.01. The molecular formula is C17H26N2O2. The third kappa shape index (κ3) is 3.97. The second-order valence-corrected chi connectivity index (χ2v) is 5.99. The Bertz CT molecular complexity index is 500. The first-order valence-corrected chi connectivity index (χ1v) is 7.72. The Labute approximate surface area is 127 Å². The normalized spacial score (nSPS) is 17.6. The Balaban J connectivity index is 2.20. The summed E-state index contributed by atoms with van der Waals surface area (Å²) in [6.07, 6.45) is 2.34. The second kappa shape index (κ2) is 6.94. The maximum absolute atomic E-state index is 11.6. The number of carbonyl (C=O) groups is 1. The number of fused-ring (bicyclic) bond motifs is 1. The van der Waals surface area contributed by atoms with Gasteiger partial charge in [-0.3, -0.25) is 4.79 Å². The predicted octanol–water partition coefficient (Wildman–Crippen LogP) is 2.82. The molecule has 0 N–H and O–H groups in total. The summed E-state index contributed by atoms with van der Waals surface area (Å²) in [4.78, 5) is 16.2. The molecule has 4 nitrogen and oxygen atoms in total. The Morgan fingerprint density at radius 3 is 2.81 bits per heavy atom. The third-order valence-electron chi connectivity index (χ3n) is 3.91. The molecule has 1 aliphatic heterocycles. The highest BCUT2D eigenvalue weighted by Gasteiger charge is 2.25. The average Bonchev–Trinajstić information content (AvgIpc) is 2.45. The third-order valence-corrected chi connectivity index (χ3v) is 3.91. The monoisotopic (exact) mass is 290 g/mol. The van der Waals surface area contributed by atoms with Crippen molar-refractivity contribution in [1.29, 1.82) is 0 Å². The molecule has 21 heavy (non-hydrogen) atoms. The van der Waals surface area contributed by atoms with E-state index in [0.717, 1.165) is 49.5 Å². The van der Waals surface area contributed by atoms with Crippen LogP contribution in [0.3, 0.4) is 0 Å². The van der Waals surface area contributed by atoms with Crippen molar-refractivity contribution in [3.8, 4) is 5.75 Å². The van der Waals surface area contributed by atoms with Crippen LogP contribution in [0.1, 0.15) is 37.0 Å². The molecule has 0 radical (unpaired) electrons. The maximum Gasteiger partial charge on any atom is 0.159 e. The minimum absolute atomic E-state index is 0.101. The summed E-state index contributed by atoms with van der Waals surface area (Å²) in [6, 6.07) is 5.77. The van der Waals surface area contributed by atoms with E-state index in [2.05, 4.69) is 30.8 Å². The quantitative estimate of drug-likeness (QED) is 0.754. The number of hydrogen-bond acceptors (Lipinski definition) is 4. The molecule has 0 aliphatic carbocycles. The number of anilines is 1. The lowest BCUT2D eigenvalue weighted by molar-refractivity contribution is 0.101. The highest BCUT2D eigenvalue weighted by atomic mass is 16.5. The van der Waals surface area contributed by atoms with Gasteiger partial charge in [-0.25, -0.2) is 0 Å². The zero-order chi connectivity index (χ0) is 15.4. The van der Waals surface area contributed by atoms with Crippen molar-refractivity contribution < 1.29 is 9.53 Å². The SMILES string of the molecule is CCC1CN(CCCN(C)C)c2cc(C(C)=O)ccc2O1. The van der Waals surface area contributed by atoms with Crippen LogP contribution in [-0.4, -0.2) is 50.5 Å².